The molecule has 0 N–H and O–H groups in total. The summed E-state index contributed by atoms with van der Waals surface area (Å²) in [6.45, 7) is 5.15. The third-order valence-electron chi connectivity index (χ3n) is 3.74. The van der Waals surface area contributed by atoms with Crippen LogP contribution in [0.3, 0.4) is 0 Å². The normalized spacial score (nSPS) is 15.2. The summed E-state index contributed by atoms with van der Waals surface area (Å²) < 4.78 is 1.03. The van der Waals surface area contributed by atoms with Crippen molar-refractivity contribution in [2.75, 3.05) is 6.54 Å². The zero-order chi connectivity index (χ0) is 14.1. The number of pyridine rings is 1. The lowest BCUT2D eigenvalue weighted by atomic mass is 9.97. The van der Waals surface area contributed by atoms with Gasteiger partial charge in [-0.2, -0.15) is 0 Å². The summed E-state index contributed by atoms with van der Waals surface area (Å²) in [5.41, 5.74) is 5.47. The Morgan fingerprint density at radius 1 is 1.30 bits per heavy atom. The van der Waals surface area contributed by atoms with Gasteiger partial charge in [-0.3, -0.25) is 4.90 Å². The molecule has 0 saturated carbocycles. The molecule has 2 nitrogen and oxygen atoms in total. The highest BCUT2D eigenvalue weighted by atomic mass is 79.9. The highest BCUT2D eigenvalue weighted by Gasteiger charge is 2.17. The third-order valence-corrected chi connectivity index (χ3v) is 4.69. The Labute approximate surface area is 132 Å². The van der Waals surface area contributed by atoms with Gasteiger partial charge in [-0.05, 0) is 36.1 Å². The van der Waals surface area contributed by atoms with Gasteiger partial charge in [0.25, 0.3) is 0 Å². The summed E-state index contributed by atoms with van der Waals surface area (Å²) in [4.78, 5) is 6.62. The van der Waals surface area contributed by atoms with Crippen molar-refractivity contribution in [3.63, 3.8) is 0 Å². The fourth-order valence-corrected chi connectivity index (χ4v) is 3.40. The van der Waals surface area contributed by atoms with E-state index in [2.05, 4.69) is 50.9 Å². The molecule has 0 bridgehead atoms. The molecule has 0 atom stereocenters. The standard InChI is InChI=1S/C16H16BrClN2/c1-11-2-3-13-9-20(5-4-12(13)6-11)10-14-8-19-16(18)7-15(14)17/h2-3,6-8H,4-5,9-10H2,1H3. The van der Waals surface area contributed by atoms with Crippen LogP contribution in [0.2, 0.25) is 5.15 Å². The van der Waals surface area contributed by atoms with E-state index in [0.717, 1.165) is 30.5 Å². The van der Waals surface area contributed by atoms with Crippen LogP contribution in [-0.2, 0) is 19.5 Å². The van der Waals surface area contributed by atoms with E-state index in [9.17, 15) is 0 Å². The molecule has 104 valence electrons. The van der Waals surface area contributed by atoms with Gasteiger partial charge in [0.2, 0.25) is 0 Å². The van der Waals surface area contributed by atoms with Crippen LogP contribution >= 0.6 is 27.5 Å². The van der Waals surface area contributed by atoms with Gasteiger partial charge in [0.15, 0.2) is 0 Å². The molecule has 0 amide bonds. The van der Waals surface area contributed by atoms with Gasteiger partial charge >= 0.3 is 0 Å². The molecule has 1 aromatic heterocycles. The molecule has 3 rings (SSSR count). The Bertz CT molecular complexity index is 642. The molecule has 0 radical (unpaired) electrons. The van der Waals surface area contributed by atoms with Crippen LogP contribution in [0.1, 0.15) is 22.3 Å². The average molecular weight is 352 g/mol. The highest BCUT2D eigenvalue weighted by Crippen LogP contribution is 2.25. The number of nitrogens with zero attached hydrogens (tertiary/aromatic N) is 2. The SMILES string of the molecule is Cc1ccc2c(c1)CCN(Cc1cnc(Cl)cc1Br)C2. The van der Waals surface area contributed by atoms with E-state index in [0.29, 0.717) is 5.15 Å². The minimum Gasteiger partial charge on any atom is -0.294 e. The van der Waals surface area contributed by atoms with Crippen molar-refractivity contribution in [3.8, 4) is 0 Å². The first-order chi connectivity index (χ1) is 9.61. The Morgan fingerprint density at radius 3 is 2.95 bits per heavy atom. The predicted molar refractivity (Wildman–Crippen MR) is 85.9 cm³/mol. The van der Waals surface area contributed by atoms with Crippen molar-refractivity contribution in [1.29, 1.82) is 0 Å². The van der Waals surface area contributed by atoms with E-state index in [1.807, 2.05) is 12.3 Å². The molecule has 4 heteroatoms. The Kier molecular flexibility index (Phi) is 4.11. The highest BCUT2D eigenvalue weighted by molar-refractivity contribution is 9.10. The van der Waals surface area contributed by atoms with Crippen LogP contribution < -0.4 is 0 Å². The van der Waals surface area contributed by atoms with Gasteiger partial charge in [0, 0.05) is 30.3 Å². The van der Waals surface area contributed by atoms with E-state index in [4.69, 9.17) is 11.6 Å². The molecule has 0 unspecified atom stereocenters. The lowest BCUT2D eigenvalue weighted by Crippen LogP contribution is -2.30. The second-order valence-electron chi connectivity index (χ2n) is 5.33. The Balaban J connectivity index is 1.75. The number of halogens is 2. The maximum atomic E-state index is 5.89. The molecule has 0 fully saturated rings. The average Bonchev–Trinajstić information content (AvgIpc) is 2.42. The smallest absolute Gasteiger partial charge is 0.130 e. The molecule has 20 heavy (non-hydrogen) atoms. The monoisotopic (exact) mass is 350 g/mol. The van der Waals surface area contributed by atoms with Gasteiger partial charge in [0.05, 0.1) is 0 Å². The molecule has 1 aliphatic rings. The Morgan fingerprint density at radius 2 is 2.15 bits per heavy atom. The maximum absolute atomic E-state index is 5.89. The van der Waals surface area contributed by atoms with E-state index in [1.54, 1.807) is 0 Å². The summed E-state index contributed by atoms with van der Waals surface area (Å²) in [7, 11) is 0. The molecule has 2 heterocycles. The lowest BCUT2D eigenvalue weighted by molar-refractivity contribution is 0.245. The largest absolute Gasteiger partial charge is 0.294 e. The van der Waals surface area contributed by atoms with Crippen LogP contribution in [0.5, 0.6) is 0 Å². The van der Waals surface area contributed by atoms with Crippen LogP contribution in [0.4, 0.5) is 0 Å². The van der Waals surface area contributed by atoms with Crippen molar-refractivity contribution < 1.29 is 0 Å². The summed E-state index contributed by atoms with van der Waals surface area (Å²) in [6.07, 6.45) is 2.98. The molecule has 0 saturated heterocycles. The summed E-state index contributed by atoms with van der Waals surface area (Å²) >= 11 is 9.45. The van der Waals surface area contributed by atoms with E-state index in [1.165, 1.54) is 22.3 Å². The molecule has 0 spiro atoms. The maximum Gasteiger partial charge on any atom is 0.130 e. The van der Waals surface area contributed by atoms with Gasteiger partial charge in [-0.1, -0.05) is 51.3 Å². The second-order valence-corrected chi connectivity index (χ2v) is 6.57. The predicted octanol–water partition coefficient (Wildman–Crippen LogP) is 4.36. The topological polar surface area (TPSA) is 16.1 Å². The van der Waals surface area contributed by atoms with Crippen LogP contribution in [0, 0.1) is 6.92 Å². The van der Waals surface area contributed by atoms with Crippen molar-refractivity contribution >= 4 is 27.5 Å². The number of rotatable bonds is 2. The Hall–Kier alpha value is -0.900. The molecule has 1 aromatic carbocycles. The molecule has 0 aliphatic carbocycles. The van der Waals surface area contributed by atoms with E-state index in [-0.39, 0.29) is 0 Å². The minimum atomic E-state index is 0.528. The fraction of sp³-hybridized carbons (Fsp3) is 0.312. The second kappa shape index (κ2) is 5.84. The van der Waals surface area contributed by atoms with Gasteiger partial charge in [-0.15, -0.1) is 0 Å². The van der Waals surface area contributed by atoms with Gasteiger partial charge in [-0.25, -0.2) is 4.98 Å². The molecule has 2 aromatic rings. The lowest BCUT2D eigenvalue weighted by Gasteiger charge is -2.29. The molecule has 1 aliphatic heterocycles. The first kappa shape index (κ1) is 14.1. The zero-order valence-corrected chi connectivity index (χ0v) is 13.7. The number of fused-ring (bicyclic) bond motifs is 1. The summed E-state index contributed by atoms with van der Waals surface area (Å²) in [6, 6.07) is 8.62. The van der Waals surface area contributed by atoms with Crippen molar-refractivity contribution in [2.45, 2.75) is 26.4 Å². The van der Waals surface area contributed by atoms with Gasteiger partial charge in [0.1, 0.15) is 5.15 Å². The van der Waals surface area contributed by atoms with E-state index >= 15 is 0 Å². The number of hydrogen-bond acceptors (Lipinski definition) is 2. The van der Waals surface area contributed by atoms with Crippen LogP contribution in [0.25, 0.3) is 0 Å². The first-order valence-corrected chi connectivity index (χ1v) is 7.89. The van der Waals surface area contributed by atoms with E-state index < -0.39 is 0 Å². The van der Waals surface area contributed by atoms with Gasteiger partial charge < -0.3 is 0 Å². The summed E-state index contributed by atoms with van der Waals surface area (Å²) in [5, 5.41) is 0.528. The van der Waals surface area contributed by atoms with Crippen molar-refractivity contribution in [1.82, 2.24) is 9.88 Å². The third kappa shape index (κ3) is 3.05. The quantitative estimate of drug-likeness (QED) is 0.747. The minimum absolute atomic E-state index is 0.528. The molecular formula is C16H16BrClN2. The van der Waals surface area contributed by atoms with Crippen molar-refractivity contribution in [2.24, 2.45) is 0 Å². The number of aryl methyl sites for hydroxylation is 1. The van der Waals surface area contributed by atoms with Crippen LogP contribution in [-0.4, -0.2) is 16.4 Å². The zero-order valence-electron chi connectivity index (χ0n) is 11.4. The van der Waals surface area contributed by atoms with Crippen molar-refractivity contribution in [3.05, 3.63) is 62.3 Å². The number of aromatic nitrogens is 1. The molecular weight excluding hydrogens is 336 g/mol. The fourth-order valence-electron chi connectivity index (χ4n) is 2.67. The summed E-state index contributed by atoms with van der Waals surface area (Å²) in [5.74, 6) is 0. The van der Waals surface area contributed by atoms with Crippen LogP contribution in [0.15, 0.2) is 34.9 Å². The number of hydrogen-bond donors (Lipinski definition) is 0. The number of benzene rings is 1. The first-order valence-electron chi connectivity index (χ1n) is 6.72.